The highest BCUT2D eigenvalue weighted by Gasteiger charge is 2.46. The number of fused-ring (bicyclic) bond motifs is 16. The predicted molar refractivity (Wildman–Crippen MR) is 324 cm³/mol. The third-order valence-corrected chi connectivity index (χ3v) is 16.8. The molecular formula is C70H64BN3O2. The van der Waals surface area contributed by atoms with E-state index in [9.17, 15) is 0 Å². The van der Waals surface area contributed by atoms with E-state index in [-0.39, 0.29) is 28.5 Å². The molecule has 5 heterocycles. The molecule has 6 heteroatoms. The van der Waals surface area contributed by atoms with Gasteiger partial charge in [-0.15, -0.1) is 0 Å². The fourth-order valence-corrected chi connectivity index (χ4v) is 12.7. The number of hydrogen-bond acceptors (Lipinski definition) is 4. The van der Waals surface area contributed by atoms with Crippen LogP contribution >= 0.6 is 0 Å². The Hall–Kier alpha value is -7.96. The fourth-order valence-electron chi connectivity index (χ4n) is 12.7. The van der Waals surface area contributed by atoms with Crippen LogP contribution in [-0.4, -0.2) is 11.4 Å². The predicted octanol–water partition coefficient (Wildman–Crippen LogP) is 18.5. The number of para-hydroxylation sites is 2. The van der Waals surface area contributed by atoms with E-state index in [0.717, 1.165) is 94.5 Å². The van der Waals surface area contributed by atoms with Gasteiger partial charge in [-0.1, -0.05) is 168 Å². The molecule has 5 nitrogen and oxygen atoms in total. The Kier molecular flexibility index (Phi) is 9.68. The molecule has 2 aliphatic rings. The van der Waals surface area contributed by atoms with E-state index in [0.29, 0.717) is 0 Å². The summed E-state index contributed by atoms with van der Waals surface area (Å²) in [6.07, 6.45) is 0. The van der Waals surface area contributed by atoms with Crippen molar-refractivity contribution >= 4 is 112 Å². The van der Waals surface area contributed by atoms with Crippen molar-refractivity contribution in [2.24, 2.45) is 0 Å². The lowest BCUT2D eigenvalue weighted by Gasteiger charge is -2.42. The van der Waals surface area contributed by atoms with Gasteiger partial charge in [0.1, 0.15) is 22.3 Å². The molecule has 0 spiro atoms. The Morgan fingerprint density at radius 2 is 0.961 bits per heavy atom. The summed E-state index contributed by atoms with van der Waals surface area (Å²) in [6, 6.07) is 64.1. The highest BCUT2D eigenvalue weighted by Crippen LogP contribution is 2.53. The highest BCUT2D eigenvalue weighted by molar-refractivity contribution is 6.94. The second-order valence-electron chi connectivity index (χ2n) is 25.8. The molecule has 0 saturated carbocycles. The van der Waals surface area contributed by atoms with Crippen LogP contribution in [0.5, 0.6) is 0 Å². The minimum Gasteiger partial charge on any atom is -0.456 e. The molecule has 374 valence electrons. The van der Waals surface area contributed by atoms with Gasteiger partial charge in [-0.05, 0) is 145 Å². The summed E-state index contributed by atoms with van der Waals surface area (Å²) in [7, 11) is 0. The Bertz CT molecular complexity index is 4310. The maximum Gasteiger partial charge on any atom is 0.333 e. The molecule has 0 bridgehead atoms. The molecular weight excluding hydrogens is 926 g/mol. The van der Waals surface area contributed by atoms with Crippen LogP contribution in [0.15, 0.2) is 179 Å². The molecule has 3 aromatic heterocycles. The van der Waals surface area contributed by atoms with Crippen molar-refractivity contribution in [3.63, 3.8) is 0 Å². The van der Waals surface area contributed by atoms with E-state index in [1.165, 1.54) is 49.6 Å². The second-order valence-corrected chi connectivity index (χ2v) is 25.8. The first-order valence-electron chi connectivity index (χ1n) is 27.2. The zero-order valence-electron chi connectivity index (χ0n) is 45.9. The average molecular weight is 990 g/mol. The molecule has 0 atom stereocenters. The lowest BCUT2D eigenvalue weighted by atomic mass is 9.43. The molecule has 14 rings (SSSR count). The molecule has 0 N–H and O–H groups in total. The highest BCUT2D eigenvalue weighted by atomic mass is 16.3. The molecule has 0 saturated heterocycles. The van der Waals surface area contributed by atoms with Crippen molar-refractivity contribution in [1.29, 1.82) is 0 Å². The summed E-state index contributed by atoms with van der Waals surface area (Å²) >= 11 is 0. The van der Waals surface area contributed by atoms with Crippen LogP contribution in [0.3, 0.4) is 0 Å². The number of anilines is 5. The normalized spacial score (nSPS) is 13.7. The van der Waals surface area contributed by atoms with Crippen LogP contribution in [0.1, 0.15) is 105 Å². The first kappa shape index (κ1) is 46.6. The van der Waals surface area contributed by atoms with E-state index in [2.05, 4.69) is 267 Å². The Morgan fingerprint density at radius 3 is 1.57 bits per heavy atom. The molecule has 0 unspecified atom stereocenters. The van der Waals surface area contributed by atoms with E-state index in [1.807, 2.05) is 0 Å². The third kappa shape index (κ3) is 6.84. The van der Waals surface area contributed by atoms with E-state index in [4.69, 9.17) is 8.83 Å². The van der Waals surface area contributed by atoms with Crippen molar-refractivity contribution in [3.8, 4) is 16.8 Å². The Labute approximate surface area is 446 Å². The molecule has 0 fully saturated rings. The monoisotopic (exact) mass is 990 g/mol. The van der Waals surface area contributed by atoms with Gasteiger partial charge in [0, 0.05) is 66.6 Å². The van der Waals surface area contributed by atoms with Gasteiger partial charge in [-0.25, -0.2) is 0 Å². The molecule has 0 amide bonds. The van der Waals surface area contributed by atoms with Crippen LogP contribution in [0.2, 0.25) is 0 Å². The molecule has 0 radical (unpaired) electrons. The van der Waals surface area contributed by atoms with Gasteiger partial charge in [0.15, 0.2) is 0 Å². The molecule has 0 aliphatic carbocycles. The topological polar surface area (TPSA) is 37.7 Å². The minimum atomic E-state index is -0.229. The van der Waals surface area contributed by atoms with Gasteiger partial charge in [0.05, 0.1) is 16.4 Å². The van der Waals surface area contributed by atoms with Crippen LogP contribution < -0.4 is 20.6 Å². The van der Waals surface area contributed by atoms with Crippen molar-refractivity contribution in [2.45, 2.75) is 105 Å². The summed E-state index contributed by atoms with van der Waals surface area (Å²) < 4.78 is 16.7. The number of benzene rings is 9. The lowest BCUT2D eigenvalue weighted by molar-refractivity contribution is 0.590. The van der Waals surface area contributed by atoms with Gasteiger partial charge in [0.25, 0.3) is 0 Å². The first-order valence-corrected chi connectivity index (χ1v) is 27.2. The zero-order valence-corrected chi connectivity index (χ0v) is 45.9. The van der Waals surface area contributed by atoms with Gasteiger partial charge in [-0.3, -0.25) is 0 Å². The summed E-state index contributed by atoms with van der Waals surface area (Å²) in [6.45, 7) is 27.3. The van der Waals surface area contributed by atoms with Gasteiger partial charge in [-0.2, -0.15) is 0 Å². The van der Waals surface area contributed by atoms with Gasteiger partial charge < -0.3 is 23.1 Å². The number of hydrogen-bond donors (Lipinski definition) is 0. The largest absolute Gasteiger partial charge is 0.456 e. The average Bonchev–Trinajstić information content (AvgIpc) is 4.14. The number of rotatable bonds is 4. The molecule has 9 aromatic carbocycles. The quantitative estimate of drug-likeness (QED) is 0.165. The fraction of sp³-hybridized carbons (Fsp3) is 0.229. The smallest absolute Gasteiger partial charge is 0.333 e. The van der Waals surface area contributed by atoms with Crippen molar-refractivity contribution in [3.05, 3.63) is 192 Å². The van der Waals surface area contributed by atoms with Crippen molar-refractivity contribution < 1.29 is 8.83 Å². The number of nitrogens with zero attached hydrogens (tertiary/aromatic N) is 3. The summed E-state index contributed by atoms with van der Waals surface area (Å²) in [5, 5.41) is 6.81. The second kappa shape index (κ2) is 15.8. The van der Waals surface area contributed by atoms with Crippen LogP contribution in [0.25, 0.3) is 82.5 Å². The Balaban J connectivity index is 1.14. The van der Waals surface area contributed by atoms with Crippen LogP contribution in [0, 0.1) is 0 Å². The standard InChI is InChI=1S/C70H64BN3O2/c1-67(2,3)41-21-28-45(29-22-41)72(46-30-23-42(24-31-46)68(4,5)6)48-34-35-54-57(38-48)73-55-36-27-44(70(10,11)12)37-52(55)63-65(73)64-61(62-50-18-14-16-20-59(50)76-66(62)63)53-40-60-51(49-17-13-15-19-58(49)75-60)39-56(53)74(71(54)64)47-32-25-43(26-33-47)69(7,8)9/h13-40H,1-12H3. The molecule has 76 heavy (non-hydrogen) atoms. The maximum absolute atomic E-state index is 7.32. The van der Waals surface area contributed by atoms with Gasteiger partial charge in [0.2, 0.25) is 0 Å². The maximum atomic E-state index is 7.32. The van der Waals surface area contributed by atoms with Crippen LogP contribution in [-0.2, 0) is 21.7 Å². The Morgan fingerprint density at radius 1 is 0.421 bits per heavy atom. The number of furan rings is 2. The summed E-state index contributed by atoms with van der Waals surface area (Å²) in [4.78, 5) is 5.09. The van der Waals surface area contributed by atoms with Crippen molar-refractivity contribution in [1.82, 2.24) is 4.57 Å². The molecule has 12 aromatic rings. The SMILES string of the molecule is CC(C)(C)c1ccc(N2B3c4ccc(N(c5ccc(C(C)(C)C)cc5)c5ccc(C(C)(C)C)cc5)cc4-n4c5ccc(C(C)(C)C)cc5c5c6oc7ccccc7c6c(c3c54)-c3cc4oc5ccccc5c4cc32)cc1. The lowest BCUT2D eigenvalue weighted by Crippen LogP contribution is -2.60. The first-order chi connectivity index (χ1) is 36.2. The van der Waals surface area contributed by atoms with E-state index >= 15 is 0 Å². The van der Waals surface area contributed by atoms with Crippen molar-refractivity contribution in [2.75, 3.05) is 9.71 Å². The van der Waals surface area contributed by atoms with E-state index in [1.54, 1.807) is 0 Å². The summed E-state index contributed by atoms with van der Waals surface area (Å²) in [5.74, 6) is 0. The third-order valence-electron chi connectivity index (χ3n) is 16.8. The van der Waals surface area contributed by atoms with E-state index < -0.39 is 0 Å². The van der Waals surface area contributed by atoms with Gasteiger partial charge >= 0.3 is 6.85 Å². The summed E-state index contributed by atoms with van der Waals surface area (Å²) in [5.41, 5.74) is 22.6. The zero-order chi connectivity index (χ0) is 52.5. The molecule has 2 aliphatic heterocycles. The minimum absolute atomic E-state index is 0.0143. The van der Waals surface area contributed by atoms with Crippen LogP contribution in [0.4, 0.5) is 28.4 Å². The number of aromatic nitrogens is 1.